The van der Waals surface area contributed by atoms with Crippen LogP contribution in [0.1, 0.15) is 52.4 Å². The van der Waals surface area contributed by atoms with E-state index in [4.69, 9.17) is 0 Å². The Labute approximate surface area is 99.4 Å². The standard InChI is InChI=1S/C14H25NO/c1-3-15(13-4-5-13)10-14(11-16)8-6-12(2)7-9-14/h11-13H,3-10H2,1-2H3. The van der Waals surface area contributed by atoms with Crippen LogP contribution in [0.15, 0.2) is 0 Å². The van der Waals surface area contributed by atoms with Gasteiger partial charge in [-0.1, -0.05) is 13.8 Å². The first kappa shape index (κ1) is 12.1. The van der Waals surface area contributed by atoms with Crippen molar-refractivity contribution in [3.8, 4) is 0 Å². The van der Waals surface area contributed by atoms with Crippen molar-refractivity contribution in [2.24, 2.45) is 11.3 Å². The highest BCUT2D eigenvalue weighted by atomic mass is 16.1. The Morgan fingerprint density at radius 3 is 2.31 bits per heavy atom. The van der Waals surface area contributed by atoms with Gasteiger partial charge in [-0.05, 0) is 51.0 Å². The van der Waals surface area contributed by atoms with E-state index < -0.39 is 0 Å². The van der Waals surface area contributed by atoms with Crippen LogP contribution in [-0.4, -0.2) is 30.3 Å². The zero-order chi connectivity index (χ0) is 11.6. The smallest absolute Gasteiger partial charge is 0.127 e. The molecule has 2 nitrogen and oxygen atoms in total. The van der Waals surface area contributed by atoms with E-state index in [1.807, 2.05) is 0 Å². The normalized spacial score (nSPS) is 35.3. The molecule has 0 aromatic carbocycles. The lowest BCUT2D eigenvalue weighted by atomic mass is 9.71. The molecule has 2 saturated carbocycles. The van der Waals surface area contributed by atoms with Crippen molar-refractivity contribution in [2.45, 2.75) is 58.4 Å². The molecule has 0 radical (unpaired) electrons. The van der Waals surface area contributed by atoms with E-state index in [-0.39, 0.29) is 5.41 Å². The summed E-state index contributed by atoms with van der Waals surface area (Å²) in [6.45, 7) is 6.66. The van der Waals surface area contributed by atoms with Crippen molar-refractivity contribution in [2.75, 3.05) is 13.1 Å². The summed E-state index contributed by atoms with van der Waals surface area (Å²) >= 11 is 0. The second-order valence-electron chi connectivity index (χ2n) is 5.96. The van der Waals surface area contributed by atoms with Gasteiger partial charge in [0, 0.05) is 18.0 Å². The summed E-state index contributed by atoms with van der Waals surface area (Å²) < 4.78 is 0. The predicted octanol–water partition coefficient (Wildman–Crippen LogP) is 2.87. The van der Waals surface area contributed by atoms with Gasteiger partial charge in [0.2, 0.25) is 0 Å². The summed E-state index contributed by atoms with van der Waals surface area (Å²) in [4.78, 5) is 14.0. The summed E-state index contributed by atoms with van der Waals surface area (Å²) in [6, 6.07) is 0.793. The van der Waals surface area contributed by atoms with Crippen molar-refractivity contribution < 1.29 is 4.79 Å². The summed E-state index contributed by atoms with van der Waals surface area (Å²) in [5, 5.41) is 0. The summed E-state index contributed by atoms with van der Waals surface area (Å²) in [6.07, 6.45) is 8.66. The van der Waals surface area contributed by atoms with E-state index in [2.05, 4.69) is 18.7 Å². The van der Waals surface area contributed by atoms with Crippen molar-refractivity contribution in [3.63, 3.8) is 0 Å². The topological polar surface area (TPSA) is 20.3 Å². The van der Waals surface area contributed by atoms with Gasteiger partial charge in [-0.25, -0.2) is 0 Å². The molecule has 0 N–H and O–H groups in total. The fourth-order valence-electron chi connectivity index (χ4n) is 2.99. The average Bonchev–Trinajstić information content (AvgIpc) is 3.13. The fraction of sp³-hybridized carbons (Fsp3) is 0.929. The highest BCUT2D eigenvalue weighted by Crippen LogP contribution is 2.39. The van der Waals surface area contributed by atoms with Crippen LogP contribution in [0.3, 0.4) is 0 Å². The molecule has 2 aliphatic rings. The number of rotatable bonds is 5. The minimum Gasteiger partial charge on any atom is -0.303 e. The number of hydrogen-bond acceptors (Lipinski definition) is 2. The summed E-state index contributed by atoms with van der Waals surface area (Å²) in [7, 11) is 0. The molecule has 0 spiro atoms. The van der Waals surface area contributed by atoms with E-state index in [9.17, 15) is 4.79 Å². The molecule has 0 bridgehead atoms. The fourth-order valence-corrected chi connectivity index (χ4v) is 2.99. The van der Waals surface area contributed by atoms with Crippen LogP contribution in [0.4, 0.5) is 0 Å². The molecular formula is C14H25NO. The highest BCUT2D eigenvalue weighted by Gasteiger charge is 2.38. The Morgan fingerprint density at radius 1 is 1.25 bits per heavy atom. The zero-order valence-electron chi connectivity index (χ0n) is 10.7. The van der Waals surface area contributed by atoms with Gasteiger partial charge in [-0.3, -0.25) is 4.90 Å². The second kappa shape index (κ2) is 4.87. The third kappa shape index (κ3) is 2.65. The van der Waals surface area contributed by atoms with Crippen molar-refractivity contribution >= 4 is 6.29 Å². The van der Waals surface area contributed by atoms with Crippen molar-refractivity contribution in [3.05, 3.63) is 0 Å². The van der Waals surface area contributed by atoms with Crippen LogP contribution >= 0.6 is 0 Å². The Kier molecular flexibility index (Phi) is 3.68. The van der Waals surface area contributed by atoms with Crippen LogP contribution in [0, 0.1) is 11.3 Å². The predicted molar refractivity (Wildman–Crippen MR) is 66.4 cm³/mol. The lowest BCUT2D eigenvalue weighted by Crippen LogP contribution is -2.42. The van der Waals surface area contributed by atoms with Gasteiger partial charge in [0.25, 0.3) is 0 Å². The molecular weight excluding hydrogens is 198 g/mol. The highest BCUT2D eigenvalue weighted by molar-refractivity contribution is 5.60. The first-order chi connectivity index (χ1) is 7.69. The molecule has 2 heteroatoms. The van der Waals surface area contributed by atoms with E-state index in [0.29, 0.717) is 0 Å². The average molecular weight is 223 g/mol. The zero-order valence-corrected chi connectivity index (χ0v) is 10.7. The number of carbonyl (C=O) groups excluding carboxylic acids is 1. The molecule has 0 aliphatic heterocycles. The molecule has 0 atom stereocenters. The Bertz CT molecular complexity index is 239. The molecule has 2 rings (SSSR count). The minimum absolute atomic E-state index is 0.00882. The minimum atomic E-state index is -0.00882. The van der Waals surface area contributed by atoms with E-state index in [1.54, 1.807) is 0 Å². The van der Waals surface area contributed by atoms with E-state index in [0.717, 1.165) is 37.9 Å². The molecule has 0 saturated heterocycles. The lowest BCUT2D eigenvalue weighted by Gasteiger charge is -2.38. The SMILES string of the molecule is CCN(CC1(C=O)CCC(C)CC1)C1CC1. The van der Waals surface area contributed by atoms with Crippen LogP contribution in [-0.2, 0) is 4.79 Å². The molecule has 0 aromatic heterocycles. The van der Waals surface area contributed by atoms with Gasteiger partial charge >= 0.3 is 0 Å². The number of carbonyl (C=O) groups is 1. The van der Waals surface area contributed by atoms with Crippen LogP contribution in [0.2, 0.25) is 0 Å². The molecule has 0 unspecified atom stereocenters. The number of hydrogen-bond donors (Lipinski definition) is 0. The Balaban J connectivity index is 1.95. The Morgan fingerprint density at radius 2 is 1.88 bits per heavy atom. The first-order valence-corrected chi connectivity index (χ1v) is 6.89. The molecule has 16 heavy (non-hydrogen) atoms. The summed E-state index contributed by atoms with van der Waals surface area (Å²) in [5.41, 5.74) is -0.00882. The number of aldehydes is 1. The van der Waals surface area contributed by atoms with Crippen LogP contribution in [0.25, 0.3) is 0 Å². The number of nitrogens with zero attached hydrogens (tertiary/aromatic N) is 1. The molecule has 0 heterocycles. The van der Waals surface area contributed by atoms with Gasteiger partial charge < -0.3 is 4.79 Å². The summed E-state index contributed by atoms with van der Waals surface area (Å²) in [5.74, 6) is 0.823. The Hall–Kier alpha value is -0.370. The maximum absolute atomic E-state index is 11.5. The molecule has 0 amide bonds. The monoisotopic (exact) mass is 223 g/mol. The van der Waals surface area contributed by atoms with Crippen molar-refractivity contribution in [1.29, 1.82) is 0 Å². The van der Waals surface area contributed by atoms with Crippen LogP contribution in [0.5, 0.6) is 0 Å². The maximum atomic E-state index is 11.5. The van der Waals surface area contributed by atoms with Crippen molar-refractivity contribution in [1.82, 2.24) is 4.90 Å². The third-order valence-electron chi connectivity index (χ3n) is 4.51. The molecule has 2 fully saturated rings. The van der Waals surface area contributed by atoms with Gasteiger partial charge in [0.1, 0.15) is 6.29 Å². The van der Waals surface area contributed by atoms with Gasteiger partial charge in [-0.15, -0.1) is 0 Å². The van der Waals surface area contributed by atoms with Crippen LogP contribution < -0.4 is 0 Å². The van der Waals surface area contributed by atoms with Gasteiger partial charge in [0.05, 0.1) is 0 Å². The lowest BCUT2D eigenvalue weighted by molar-refractivity contribution is -0.119. The molecule has 0 aromatic rings. The maximum Gasteiger partial charge on any atom is 0.127 e. The van der Waals surface area contributed by atoms with E-state index >= 15 is 0 Å². The second-order valence-corrected chi connectivity index (χ2v) is 5.96. The molecule has 2 aliphatic carbocycles. The van der Waals surface area contributed by atoms with E-state index in [1.165, 1.54) is 32.0 Å². The first-order valence-electron chi connectivity index (χ1n) is 6.89. The quantitative estimate of drug-likeness (QED) is 0.668. The third-order valence-corrected chi connectivity index (χ3v) is 4.51. The largest absolute Gasteiger partial charge is 0.303 e. The molecule has 92 valence electrons. The van der Waals surface area contributed by atoms with Gasteiger partial charge in [-0.2, -0.15) is 0 Å². The van der Waals surface area contributed by atoms with Gasteiger partial charge in [0.15, 0.2) is 0 Å².